The van der Waals surface area contributed by atoms with Crippen LogP contribution in [0.15, 0.2) is 54.0 Å². The molecule has 6 nitrogen and oxygen atoms in total. The summed E-state index contributed by atoms with van der Waals surface area (Å²) in [7, 11) is 0. The van der Waals surface area contributed by atoms with E-state index in [1.807, 2.05) is 47.8 Å². The number of likely N-dealkylation sites (tertiary alicyclic amines) is 1. The summed E-state index contributed by atoms with van der Waals surface area (Å²) in [4.78, 5) is 27.7. The van der Waals surface area contributed by atoms with Gasteiger partial charge in [0.15, 0.2) is 6.61 Å². The number of piperidine rings is 1. The normalized spacial score (nSPS) is 14.1. The zero-order chi connectivity index (χ0) is 19.3. The summed E-state index contributed by atoms with van der Waals surface area (Å²) in [5.74, 6) is -0.669. The van der Waals surface area contributed by atoms with Crippen LogP contribution >= 0.6 is 11.3 Å². The average molecular weight is 395 g/mol. The van der Waals surface area contributed by atoms with Gasteiger partial charge in [0, 0.05) is 19.3 Å². The van der Waals surface area contributed by atoms with Gasteiger partial charge in [-0.2, -0.15) is 5.10 Å². The lowest BCUT2D eigenvalue weighted by Gasteiger charge is -2.26. The average Bonchev–Trinajstić information content (AvgIpc) is 3.43. The van der Waals surface area contributed by atoms with E-state index < -0.39 is 5.97 Å². The fourth-order valence-corrected chi connectivity index (χ4v) is 3.99. The monoisotopic (exact) mass is 395 g/mol. The van der Waals surface area contributed by atoms with E-state index in [1.54, 1.807) is 15.8 Å². The van der Waals surface area contributed by atoms with Gasteiger partial charge in [-0.15, -0.1) is 11.3 Å². The highest BCUT2D eigenvalue weighted by molar-refractivity contribution is 7.13. The minimum Gasteiger partial charge on any atom is -0.452 e. The Bertz CT molecular complexity index is 945. The van der Waals surface area contributed by atoms with E-state index in [9.17, 15) is 9.59 Å². The van der Waals surface area contributed by atoms with Gasteiger partial charge in [-0.1, -0.05) is 24.3 Å². The number of para-hydroxylation sites is 1. The second kappa shape index (κ2) is 8.39. The highest BCUT2D eigenvalue weighted by Gasteiger charge is 2.23. The lowest BCUT2D eigenvalue weighted by Crippen LogP contribution is -2.38. The van der Waals surface area contributed by atoms with Crippen molar-refractivity contribution < 1.29 is 14.3 Å². The Morgan fingerprint density at radius 1 is 1.04 bits per heavy atom. The molecule has 1 saturated heterocycles. The van der Waals surface area contributed by atoms with Crippen LogP contribution in [0.25, 0.3) is 16.3 Å². The minimum atomic E-state index is -0.532. The fraction of sp³-hybridized carbons (Fsp3) is 0.286. The molecule has 7 heteroatoms. The minimum absolute atomic E-state index is 0.138. The number of aromatic nitrogens is 2. The van der Waals surface area contributed by atoms with Gasteiger partial charge in [-0.25, -0.2) is 9.48 Å². The van der Waals surface area contributed by atoms with E-state index in [-0.39, 0.29) is 12.5 Å². The van der Waals surface area contributed by atoms with Crippen LogP contribution in [0.5, 0.6) is 0 Å². The predicted octanol–water partition coefficient (Wildman–Crippen LogP) is 3.77. The third-order valence-electron chi connectivity index (χ3n) is 4.74. The van der Waals surface area contributed by atoms with Gasteiger partial charge in [0.2, 0.25) is 0 Å². The van der Waals surface area contributed by atoms with Crippen molar-refractivity contribution in [3.8, 4) is 16.3 Å². The van der Waals surface area contributed by atoms with Gasteiger partial charge in [0.05, 0.1) is 10.6 Å². The highest BCUT2D eigenvalue weighted by atomic mass is 32.1. The van der Waals surface area contributed by atoms with Crippen molar-refractivity contribution in [2.75, 3.05) is 19.7 Å². The number of benzene rings is 1. The predicted molar refractivity (Wildman–Crippen MR) is 108 cm³/mol. The molecule has 1 amide bonds. The molecule has 0 spiro atoms. The van der Waals surface area contributed by atoms with Gasteiger partial charge in [0.25, 0.3) is 5.91 Å². The largest absolute Gasteiger partial charge is 0.452 e. The topological polar surface area (TPSA) is 64.4 Å². The summed E-state index contributed by atoms with van der Waals surface area (Å²) in [6.07, 6.45) is 4.82. The maximum atomic E-state index is 12.8. The lowest BCUT2D eigenvalue weighted by atomic mass is 10.1. The summed E-state index contributed by atoms with van der Waals surface area (Å²) >= 11 is 1.50. The molecule has 0 N–H and O–H groups in total. The Balaban J connectivity index is 1.54. The zero-order valence-electron chi connectivity index (χ0n) is 15.4. The van der Waals surface area contributed by atoms with Crippen molar-refractivity contribution in [3.05, 3.63) is 59.6 Å². The van der Waals surface area contributed by atoms with Crippen LogP contribution in [0, 0.1) is 0 Å². The summed E-state index contributed by atoms with van der Waals surface area (Å²) in [6.45, 7) is 1.24. The van der Waals surface area contributed by atoms with E-state index in [0.717, 1.165) is 42.9 Å². The SMILES string of the molecule is O=C(OCC(=O)N1CCCCC1)c1cn(-c2ccccc2)nc1-c1cccs1. The smallest absolute Gasteiger partial charge is 0.342 e. The molecule has 0 atom stereocenters. The van der Waals surface area contributed by atoms with Gasteiger partial charge < -0.3 is 9.64 Å². The molecule has 1 aromatic carbocycles. The maximum absolute atomic E-state index is 12.8. The number of thiophene rings is 1. The van der Waals surface area contributed by atoms with Crippen LogP contribution in [-0.4, -0.2) is 46.3 Å². The number of carbonyl (C=O) groups excluding carboxylic acids is 2. The lowest BCUT2D eigenvalue weighted by molar-refractivity contribution is -0.135. The Labute approximate surface area is 167 Å². The van der Waals surface area contributed by atoms with Gasteiger partial charge in [0.1, 0.15) is 11.3 Å². The number of esters is 1. The standard InChI is InChI=1S/C21H21N3O3S/c25-19(23-11-5-2-6-12-23)15-27-21(26)17-14-24(16-8-3-1-4-9-16)22-20(17)18-10-7-13-28-18/h1,3-4,7-10,13-14H,2,5-6,11-12,15H2. The molecule has 0 aliphatic carbocycles. The molecule has 1 fully saturated rings. The van der Waals surface area contributed by atoms with Crippen LogP contribution in [0.2, 0.25) is 0 Å². The molecule has 28 heavy (non-hydrogen) atoms. The Hall–Kier alpha value is -2.93. The van der Waals surface area contributed by atoms with Crippen molar-refractivity contribution in [3.63, 3.8) is 0 Å². The second-order valence-electron chi connectivity index (χ2n) is 6.67. The van der Waals surface area contributed by atoms with Crippen LogP contribution in [0.1, 0.15) is 29.6 Å². The number of carbonyl (C=O) groups is 2. The molecule has 4 rings (SSSR count). The summed E-state index contributed by atoms with van der Waals surface area (Å²) < 4.78 is 7.02. The van der Waals surface area contributed by atoms with Crippen molar-refractivity contribution in [1.29, 1.82) is 0 Å². The second-order valence-corrected chi connectivity index (χ2v) is 7.61. The molecule has 0 unspecified atom stereocenters. The number of rotatable bonds is 5. The van der Waals surface area contributed by atoms with E-state index >= 15 is 0 Å². The summed E-state index contributed by atoms with van der Waals surface area (Å²) in [5.41, 5.74) is 1.77. The molecular weight excluding hydrogens is 374 g/mol. The molecular formula is C21H21N3O3S. The third kappa shape index (κ3) is 3.99. The quantitative estimate of drug-likeness (QED) is 0.617. The van der Waals surface area contributed by atoms with E-state index in [1.165, 1.54) is 11.3 Å². The molecule has 0 saturated carbocycles. The van der Waals surface area contributed by atoms with E-state index in [0.29, 0.717) is 11.3 Å². The van der Waals surface area contributed by atoms with Crippen molar-refractivity contribution >= 4 is 23.2 Å². The third-order valence-corrected chi connectivity index (χ3v) is 5.62. The summed E-state index contributed by atoms with van der Waals surface area (Å²) in [6, 6.07) is 13.4. The highest BCUT2D eigenvalue weighted by Crippen LogP contribution is 2.28. The Morgan fingerprint density at radius 2 is 1.82 bits per heavy atom. The van der Waals surface area contributed by atoms with Gasteiger partial charge in [-0.05, 0) is 42.8 Å². The number of nitrogens with zero attached hydrogens (tertiary/aromatic N) is 3. The van der Waals surface area contributed by atoms with Gasteiger partial charge in [-0.3, -0.25) is 4.79 Å². The Morgan fingerprint density at radius 3 is 2.54 bits per heavy atom. The molecule has 2 aromatic heterocycles. The Kier molecular flexibility index (Phi) is 5.53. The first-order valence-corrected chi connectivity index (χ1v) is 10.2. The number of amides is 1. The van der Waals surface area contributed by atoms with Crippen LogP contribution in [0.3, 0.4) is 0 Å². The molecule has 3 heterocycles. The number of ether oxygens (including phenoxy) is 1. The van der Waals surface area contributed by atoms with Crippen molar-refractivity contribution in [2.45, 2.75) is 19.3 Å². The molecule has 1 aliphatic rings. The molecule has 0 bridgehead atoms. The maximum Gasteiger partial charge on any atom is 0.342 e. The van der Waals surface area contributed by atoms with Gasteiger partial charge >= 0.3 is 5.97 Å². The van der Waals surface area contributed by atoms with Crippen molar-refractivity contribution in [1.82, 2.24) is 14.7 Å². The van der Waals surface area contributed by atoms with Crippen LogP contribution in [0.4, 0.5) is 0 Å². The first kappa shape index (κ1) is 18.4. The first-order valence-electron chi connectivity index (χ1n) is 9.36. The molecule has 1 aliphatic heterocycles. The molecule has 0 radical (unpaired) electrons. The van der Waals surface area contributed by atoms with Crippen LogP contribution in [-0.2, 0) is 9.53 Å². The van der Waals surface area contributed by atoms with Crippen molar-refractivity contribution in [2.24, 2.45) is 0 Å². The van der Waals surface area contributed by atoms with E-state index in [4.69, 9.17) is 4.74 Å². The van der Waals surface area contributed by atoms with E-state index in [2.05, 4.69) is 5.10 Å². The first-order chi connectivity index (χ1) is 13.7. The molecule has 3 aromatic rings. The fourth-order valence-electron chi connectivity index (χ4n) is 3.27. The van der Waals surface area contributed by atoms with Crippen LogP contribution < -0.4 is 0 Å². The molecule has 144 valence electrons. The number of hydrogen-bond acceptors (Lipinski definition) is 5. The summed E-state index contributed by atoms with van der Waals surface area (Å²) in [5, 5.41) is 6.53. The number of hydrogen-bond donors (Lipinski definition) is 0. The zero-order valence-corrected chi connectivity index (χ0v) is 16.2.